The predicted molar refractivity (Wildman–Crippen MR) is 102 cm³/mol. The lowest BCUT2D eigenvalue weighted by Crippen LogP contribution is -2.44. The summed E-state index contributed by atoms with van der Waals surface area (Å²) in [6.07, 6.45) is -3.56. The Morgan fingerprint density at radius 1 is 1.10 bits per heavy atom. The number of hydrogen-bond donors (Lipinski definition) is 2. The minimum atomic E-state index is -4.60. The van der Waals surface area contributed by atoms with Crippen LogP contribution in [0, 0.1) is 5.82 Å². The van der Waals surface area contributed by atoms with Crippen molar-refractivity contribution in [3.8, 4) is 0 Å². The van der Waals surface area contributed by atoms with Gasteiger partial charge >= 0.3 is 6.18 Å². The summed E-state index contributed by atoms with van der Waals surface area (Å²) in [6.45, 7) is 3.78. The first-order valence-electron chi connectivity index (χ1n) is 9.77. The van der Waals surface area contributed by atoms with Gasteiger partial charge in [0.2, 0.25) is 0 Å². The first-order valence-corrected chi connectivity index (χ1v) is 9.77. The fourth-order valence-electron chi connectivity index (χ4n) is 4.85. The number of rotatable bonds is 2. The van der Waals surface area contributed by atoms with Gasteiger partial charge in [0.15, 0.2) is 0 Å². The molecule has 2 unspecified atom stereocenters. The Balaban J connectivity index is 1.54. The second kappa shape index (κ2) is 6.88. The number of nitrogens with zero attached hydrogens (tertiary/aromatic N) is 1. The third kappa shape index (κ3) is 3.34. The highest BCUT2D eigenvalue weighted by Gasteiger charge is 2.42. The molecule has 0 amide bonds. The highest BCUT2D eigenvalue weighted by Crippen LogP contribution is 2.47. The molecule has 0 saturated carbocycles. The second-order valence-corrected chi connectivity index (χ2v) is 7.84. The molecule has 4 nitrogen and oxygen atoms in total. The lowest BCUT2D eigenvalue weighted by molar-refractivity contribution is -0.137. The number of ether oxygens (including phenoxy) is 1. The van der Waals surface area contributed by atoms with Crippen LogP contribution in [0.25, 0.3) is 0 Å². The summed E-state index contributed by atoms with van der Waals surface area (Å²) in [7, 11) is 0. The maximum absolute atomic E-state index is 13.8. The molecular formula is C21H21F4N3O. The van der Waals surface area contributed by atoms with E-state index in [-0.39, 0.29) is 5.69 Å². The van der Waals surface area contributed by atoms with E-state index < -0.39 is 17.6 Å². The summed E-state index contributed by atoms with van der Waals surface area (Å²) < 4.78 is 58.7. The number of fused-ring (bicyclic) bond motifs is 3. The number of piperidine rings is 1. The first kappa shape index (κ1) is 18.7. The van der Waals surface area contributed by atoms with Crippen LogP contribution in [0.2, 0.25) is 0 Å². The molecule has 1 saturated heterocycles. The minimum absolute atomic E-state index is 0.0761. The van der Waals surface area contributed by atoms with Crippen LogP contribution >= 0.6 is 0 Å². The molecular weight excluding hydrogens is 386 g/mol. The zero-order chi connectivity index (χ0) is 20.2. The summed E-state index contributed by atoms with van der Waals surface area (Å²) >= 11 is 0. The van der Waals surface area contributed by atoms with Crippen LogP contribution in [0.4, 0.5) is 34.6 Å². The molecule has 8 heteroatoms. The van der Waals surface area contributed by atoms with Crippen LogP contribution in [0.5, 0.6) is 0 Å². The van der Waals surface area contributed by atoms with Crippen molar-refractivity contribution in [2.45, 2.75) is 31.2 Å². The van der Waals surface area contributed by atoms with E-state index in [4.69, 9.17) is 4.74 Å². The van der Waals surface area contributed by atoms with Gasteiger partial charge in [0.1, 0.15) is 5.82 Å². The van der Waals surface area contributed by atoms with E-state index in [1.165, 1.54) is 11.3 Å². The number of hydrogen-bond acceptors (Lipinski definition) is 4. The maximum atomic E-state index is 13.8. The predicted octanol–water partition coefficient (Wildman–Crippen LogP) is 4.38. The van der Waals surface area contributed by atoms with Gasteiger partial charge in [-0.25, -0.2) is 4.39 Å². The normalized spacial score (nSPS) is 23.4. The third-order valence-electron chi connectivity index (χ3n) is 6.00. The van der Waals surface area contributed by atoms with Crippen molar-refractivity contribution in [1.82, 2.24) is 5.32 Å². The van der Waals surface area contributed by atoms with E-state index in [9.17, 15) is 17.6 Å². The minimum Gasteiger partial charge on any atom is -0.375 e. The molecule has 2 aromatic carbocycles. The molecule has 2 aromatic rings. The van der Waals surface area contributed by atoms with Crippen LogP contribution in [-0.4, -0.2) is 32.3 Å². The van der Waals surface area contributed by atoms with Crippen LogP contribution in [0.15, 0.2) is 30.3 Å². The van der Waals surface area contributed by atoms with Crippen molar-refractivity contribution < 1.29 is 22.3 Å². The Labute approximate surface area is 165 Å². The van der Waals surface area contributed by atoms with Crippen molar-refractivity contribution in [1.29, 1.82) is 0 Å². The summed E-state index contributed by atoms with van der Waals surface area (Å²) in [4.78, 5) is 2.43. The summed E-state index contributed by atoms with van der Waals surface area (Å²) in [5.74, 6) is -0.594. The summed E-state index contributed by atoms with van der Waals surface area (Å²) in [6, 6.07) is 6.82. The topological polar surface area (TPSA) is 36.5 Å². The molecule has 3 heterocycles. The molecule has 3 aliphatic heterocycles. The van der Waals surface area contributed by atoms with Gasteiger partial charge in [0.05, 0.1) is 18.8 Å². The van der Waals surface area contributed by atoms with Crippen LogP contribution < -0.4 is 15.5 Å². The lowest BCUT2D eigenvalue weighted by atomic mass is 9.89. The smallest absolute Gasteiger partial charge is 0.375 e. The number of anilines is 3. The van der Waals surface area contributed by atoms with Crippen LogP contribution in [-0.2, 0) is 17.5 Å². The van der Waals surface area contributed by atoms with Gasteiger partial charge in [-0.15, -0.1) is 0 Å². The standard InChI is InChI=1S/C21H21F4N3O/c22-14-6-13(21(23,24)25)7-16(8-14)27-15-5-12-11-29-4-3-28-19-1-2-26-10-18(19)17(9-15)20(12)28/h5-9,18-19,26-27H,1-4,10-11H2. The van der Waals surface area contributed by atoms with Gasteiger partial charge in [-0.05, 0) is 48.9 Å². The SMILES string of the molecule is Fc1cc(Nc2cc3c4c(c2)C2CNCCC2N4CCOC3)cc(C(F)(F)F)c1. The number of nitrogens with one attached hydrogen (secondary N) is 2. The average Bonchev–Trinajstić information content (AvgIpc) is 2.82. The Morgan fingerprint density at radius 3 is 2.76 bits per heavy atom. The van der Waals surface area contributed by atoms with E-state index in [0.29, 0.717) is 36.9 Å². The van der Waals surface area contributed by atoms with Crippen molar-refractivity contribution in [3.05, 3.63) is 52.8 Å². The molecule has 5 rings (SSSR count). The van der Waals surface area contributed by atoms with Crippen LogP contribution in [0.3, 0.4) is 0 Å². The van der Waals surface area contributed by atoms with Crippen LogP contribution in [0.1, 0.15) is 29.0 Å². The molecule has 0 bridgehead atoms. The quantitative estimate of drug-likeness (QED) is 0.725. The van der Waals surface area contributed by atoms with Gasteiger partial charge in [-0.3, -0.25) is 0 Å². The van der Waals surface area contributed by atoms with E-state index in [1.807, 2.05) is 12.1 Å². The average molecular weight is 407 g/mol. The van der Waals surface area contributed by atoms with Crippen molar-refractivity contribution in [2.24, 2.45) is 0 Å². The fraction of sp³-hybridized carbons (Fsp3) is 0.429. The van der Waals surface area contributed by atoms with Gasteiger partial charge < -0.3 is 20.3 Å². The highest BCUT2D eigenvalue weighted by molar-refractivity contribution is 5.74. The second-order valence-electron chi connectivity index (χ2n) is 7.84. The van der Waals surface area contributed by atoms with E-state index >= 15 is 0 Å². The maximum Gasteiger partial charge on any atom is 0.416 e. The molecule has 2 atom stereocenters. The van der Waals surface area contributed by atoms with Gasteiger partial charge in [-0.1, -0.05) is 0 Å². The fourth-order valence-corrected chi connectivity index (χ4v) is 4.85. The largest absolute Gasteiger partial charge is 0.416 e. The van der Waals surface area contributed by atoms with E-state index in [2.05, 4.69) is 15.5 Å². The van der Waals surface area contributed by atoms with E-state index in [0.717, 1.165) is 43.8 Å². The van der Waals surface area contributed by atoms with Crippen molar-refractivity contribution >= 4 is 17.1 Å². The first-order chi connectivity index (χ1) is 13.9. The molecule has 0 spiro atoms. The zero-order valence-corrected chi connectivity index (χ0v) is 15.7. The number of halogens is 4. The molecule has 154 valence electrons. The molecule has 1 fully saturated rings. The lowest BCUT2D eigenvalue weighted by Gasteiger charge is -2.33. The van der Waals surface area contributed by atoms with Gasteiger partial charge in [-0.2, -0.15) is 13.2 Å². The molecule has 0 radical (unpaired) electrons. The van der Waals surface area contributed by atoms with Crippen molar-refractivity contribution in [3.63, 3.8) is 0 Å². The van der Waals surface area contributed by atoms with E-state index in [1.54, 1.807) is 0 Å². The highest BCUT2D eigenvalue weighted by atomic mass is 19.4. The van der Waals surface area contributed by atoms with Gasteiger partial charge in [0, 0.05) is 47.7 Å². The monoisotopic (exact) mass is 407 g/mol. The Hall–Kier alpha value is -2.32. The number of benzene rings is 2. The molecule has 3 aliphatic rings. The van der Waals surface area contributed by atoms with Gasteiger partial charge in [0.25, 0.3) is 0 Å². The Morgan fingerprint density at radius 2 is 1.93 bits per heavy atom. The zero-order valence-electron chi connectivity index (χ0n) is 15.7. The van der Waals surface area contributed by atoms with Crippen molar-refractivity contribution in [2.75, 3.05) is 36.5 Å². The summed E-state index contributed by atoms with van der Waals surface area (Å²) in [5, 5.41) is 6.43. The Kier molecular flexibility index (Phi) is 4.43. The number of alkyl halides is 3. The molecule has 29 heavy (non-hydrogen) atoms. The Bertz CT molecular complexity index is 946. The molecule has 0 aromatic heterocycles. The summed E-state index contributed by atoms with van der Waals surface area (Å²) in [5.41, 5.74) is 3.11. The third-order valence-corrected chi connectivity index (χ3v) is 6.00. The molecule has 0 aliphatic carbocycles. The molecule has 2 N–H and O–H groups in total.